The molecule has 0 fully saturated rings. The molecule has 4 rings (SSSR count). The van der Waals surface area contributed by atoms with Gasteiger partial charge in [0.1, 0.15) is 5.75 Å². The molecule has 0 bridgehead atoms. The maximum absolute atomic E-state index is 14.9. The van der Waals surface area contributed by atoms with Crippen molar-refractivity contribution in [3.8, 4) is 22.6 Å². The van der Waals surface area contributed by atoms with Crippen molar-refractivity contribution < 1.29 is 40.0 Å². The highest BCUT2D eigenvalue weighted by molar-refractivity contribution is 6.63. The predicted octanol–water partition coefficient (Wildman–Crippen LogP) is 5.70. The quantitative estimate of drug-likeness (QED) is 0.387. The predicted molar refractivity (Wildman–Crippen MR) is 94.9 cm³/mol. The van der Waals surface area contributed by atoms with Gasteiger partial charge in [-0.25, -0.2) is 4.39 Å². The van der Waals surface area contributed by atoms with Crippen molar-refractivity contribution in [3.63, 3.8) is 0 Å². The molecule has 0 saturated carbocycles. The Hall–Kier alpha value is -3.17. The van der Waals surface area contributed by atoms with E-state index in [9.17, 15) is 30.7 Å². The van der Waals surface area contributed by atoms with Gasteiger partial charge in [-0.05, 0) is 29.8 Å². The van der Waals surface area contributed by atoms with Crippen LogP contribution in [0.5, 0.6) is 11.5 Å². The van der Waals surface area contributed by atoms with Gasteiger partial charge >= 0.3 is 19.5 Å². The van der Waals surface area contributed by atoms with Crippen molar-refractivity contribution in [2.24, 2.45) is 0 Å². The molecule has 0 spiro atoms. The Balaban J connectivity index is 1.60. The first-order valence-corrected chi connectivity index (χ1v) is 8.54. The van der Waals surface area contributed by atoms with E-state index in [1.807, 2.05) is 0 Å². The summed E-state index contributed by atoms with van der Waals surface area (Å²) in [6.45, 7) is 0. The molecular formula is C20H10BF7O2. The number of benzene rings is 3. The van der Waals surface area contributed by atoms with Gasteiger partial charge in [0.25, 0.3) is 0 Å². The van der Waals surface area contributed by atoms with E-state index in [0.29, 0.717) is 0 Å². The number of fused-ring (bicyclic) bond motifs is 1. The highest BCUT2D eigenvalue weighted by atomic mass is 19.4. The molecule has 0 aromatic heterocycles. The number of rotatable bonds is 2. The lowest BCUT2D eigenvalue weighted by Crippen LogP contribution is -2.39. The van der Waals surface area contributed by atoms with E-state index in [-0.39, 0.29) is 28.1 Å². The minimum atomic E-state index is -4.51. The molecular weight excluding hydrogens is 416 g/mol. The number of alkyl halides is 6. The second-order valence-electron chi connectivity index (χ2n) is 6.52. The first-order valence-electron chi connectivity index (χ1n) is 8.54. The summed E-state index contributed by atoms with van der Waals surface area (Å²) in [5.74, 6) is -1.08. The van der Waals surface area contributed by atoms with Gasteiger partial charge in [0.15, 0.2) is 11.6 Å². The van der Waals surface area contributed by atoms with Gasteiger partial charge in [0.2, 0.25) is 0 Å². The summed E-state index contributed by atoms with van der Waals surface area (Å²) < 4.78 is 102. The van der Waals surface area contributed by atoms with Crippen LogP contribution in [-0.2, 0) is 12.4 Å². The third-order valence-corrected chi connectivity index (χ3v) is 4.55. The Morgan fingerprint density at radius 3 is 1.70 bits per heavy atom. The molecule has 1 aliphatic heterocycles. The summed E-state index contributed by atoms with van der Waals surface area (Å²) in [5, 5.41) is 0. The third-order valence-electron chi connectivity index (χ3n) is 4.55. The fraction of sp³-hybridized carbons (Fsp3) is 0.100. The zero-order valence-corrected chi connectivity index (χ0v) is 14.8. The van der Waals surface area contributed by atoms with Crippen LogP contribution < -0.4 is 14.8 Å². The van der Waals surface area contributed by atoms with Crippen LogP contribution >= 0.6 is 0 Å². The zero-order valence-electron chi connectivity index (χ0n) is 14.8. The molecule has 0 N–H and O–H groups in total. The van der Waals surface area contributed by atoms with Crippen molar-refractivity contribution in [2.75, 3.05) is 0 Å². The summed E-state index contributed by atoms with van der Waals surface area (Å²) in [4.78, 5) is 0. The molecule has 2 nitrogen and oxygen atoms in total. The molecule has 0 radical (unpaired) electrons. The molecule has 0 atom stereocenters. The number of hydrogen-bond acceptors (Lipinski definition) is 2. The van der Waals surface area contributed by atoms with Crippen LogP contribution in [0.1, 0.15) is 11.1 Å². The lowest BCUT2D eigenvalue weighted by atomic mass is 9.79. The number of hydrogen-bond donors (Lipinski definition) is 0. The van der Waals surface area contributed by atoms with Gasteiger partial charge in [-0.3, -0.25) is 0 Å². The van der Waals surface area contributed by atoms with E-state index in [4.69, 9.17) is 9.31 Å². The molecule has 0 saturated heterocycles. The van der Waals surface area contributed by atoms with Crippen LogP contribution in [0.3, 0.4) is 0 Å². The fourth-order valence-corrected chi connectivity index (χ4v) is 3.01. The Bertz CT molecular complexity index is 1070. The highest BCUT2D eigenvalue weighted by Gasteiger charge is 2.38. The second-order valence-corrected chi connectivity index (χ2v) is 6.52. The molecule has 154 valence electrons. The van der Waals surface area contributed by atoms with Crippen molar-refractivity contribution in [1.82, 2.24) is 0 Å². The Labute approximate surface area is 166 Å². The van der Waals surface area contributed by atoms with E-state index in [1.54, 1.807) is 0 Å². The van der Waals surface area contributed by atoms with Gasteiger partial charge in [-0.2, -0.15) is 26.3 Å². The molecule has 3 aromatic carbocycles. The Morgan fingerprint density at radius 2 is 1.17 bits per heavy atom. The largest absolute Gasteiger partial charge is 0.632 e. The maximum atomic E-state index is 14.9. The van der Waals surface area contributed by atoms with Crippen molar-refractivity contribution in [2.45, 2.75) is 12.4 Å². The molecule has 1 heterocycles. The van der Waals surface area contributed by atoms with Gasteiger partial charge in [0, 0.05) is 11.0 Å². The Kier molecular flexibility index (Phi) is 4.67. The topological polar surface area (TPSA) is 18.5 Å². The van der Waals surface area contributed by atoms with Crippen molar-refractivity contribution in [1.29, 1.82) is 0 Å². The summed E-state index contributed by atoms with van der Waals surface area (Å²) in [7, 11) is -1.15. The summed E-state index contributed by atoms with van der Waals surface area (Å²) in [5.41, 5.74) is -1.27. The number of halogens is 7. The monoisotopic (exact) mass is 426 g/mol. The van der Waals surface area contributed by atoms with Crippen LogP contribution in [0.2, 0.25) is 0 Å². The molecule has 0 aliphatic carbocycles. The Morgan fingerprint density at radius 1 is 0.633 bits per heavy atom. The van der Waals surface area contributed by atoms with Crippen LogP contribution in [0.4, 0.5) is 30.7 Å². The van der Waals surface area contributed by atoms with Gasteiger partial charge in [-0.15, -0.1) is 0 Å². The van der Waals surface area contributed by atoms with Crippen LogP contribution in [0.25, 0.3) is 11.1 Å². The third kappa shape index (κ3) is 3.69. The van der Waals surface area contributed by atoms with Gasteiger partial charge < -0.3 is 9.31 Å². The summed E-state index contributed by atoms with van der Waals surface area (Å²) >= 11 is 0. The summed E-state index contributed by atoms with van der Waals surface area (Å²) in [6, 6.07) is 10.7. The molecule has 3 aromatic rings. The average Bonchev–Trinajstić information content (AvgIpc) is 3.12. The SMILES string of the molecule is Fc1c(-c2ccc(C(F)(F)F)cc2)ccc2c1OB(c1ccc(C(F)(F)F)cc1)O2. The van der Waals surface area contributed by atoms with Crippen LogP contribution in [0, 0.1) is 5.82 Å². The van der Waals surface area contributed by atoms with Crippen molar-refractivity contribution >= 4 is 12.6 Å². The molecule has 0 unspecified atom stereocenters. The van der Waals surface area contributed by atoms with Gasteiger partial charge in [0.05, 0.1) is 11.1 Å². The minimum absolute atomic E-state index is 0.000793. The van der Waals surface area contributed by atoms with E-state index in [1.165, 1.54) is 12.1 Å². The first kappa shape index (κ1) is 20.1. The summed E-state index contributed by atoms with van der Waals surface area (Å²) in [6.07, 6.45) is -9.01. The van der Waals surface area contributed by atoms with Crippen LogP contribution in [0.15, 0.2) is 60.7 Å². The van der Waals surface area contributed by atoms with Crippen LogP contribution in [-0.4, -0.2) is 7.12 Å². The van der Waals surface area contributed by atoms with E-state index >= 15 is 0 Å². The minimum Gasteiger partial charge on any atom is -0.519 e. The maximum Gasteiger partial charge on any atom is 0.632 e. The molecule has 10 heteroatoms. The molecule has 0 amide bonds. The highest BCUT2D eigenvalue weighted by Crippen LogP contribution is 2.41. The van der Waals surface area contributed by atoms with E-state index in [2.05, 4.69) is 0 Å². The van der Waals surface area contributed by atoms with E-state index in [0.717, 1.165) is 48.5 Å². The fourth-order valence-electron chi connectivity index (χ4n) is 3.01. The smallest absolute Gasteiger partial charge is 0.519 e. The average molecular weight is 426 g/mol. The standard InChI is InChI=1S/C20H10BF7O2/c22-17-15(11-1-3-12(4-2-11)19(23,24)25)9-10-16-18(17)30-21(29-16)14-7-5-13(6-8-14)20(26,27)28/h1-10H. The zero-order chi connectivity index (χ0) is 21.7. The lowest BCUT2D eigenvalue weighted by molar-refractivity contribution is -0.138. The molecule has 30 heavy (non-hydrogen) atoms. The normalized spacial score (nSPS) is 13.6. The lowest BCUT2D eigenvalue weighted by Gasteiger charge is -2.10. The first-order chi connectivity index (χ1) is 14.0. The molecule has 1 aliphatic rings. The van der Waals surface area contributed by atoms with E-state index < -0.39 is 36.4 Å². The van der Waals surface area contributed by atoms with Crippen molar-refractivity contribution in [3.05, 3.63) is 77.6 Å². The van der Waals surface area contributed by atoms with Gasteiger partial charge in [-0.1, -0.05) is 36.4 Å². The second kappa shape index (κ2) is 6.96.